The highest BCUT2D eigenvalue weighted by Gasteiger charge is 2.05. The van der Waals surface area contributed by atoms with E-state index in [9.17, 15) is 9.59 Å². The van der Waals surface area contributed by atoms with Crippen LogP contribution in [0.15, 0.2) is 47.9 Å². The Hall–Kier alpha value is -2.40. The molecule has 4 nitrogen and oxygen atoms in total. The molecule has 0 aliphatic rings. The highest BCUT2D eigenvalue weighted by molar-refractivity contribution is 7.09. The van der Waals surface area contributed by atoms with Gasteiger partial charge in [-0.1, -0.05) is 30.3 Å². The summed E-state index contributed by atoms with van der Waals surface area (Å²) in [5.74, 6) is -0.847. The van der Waals surface area contributed by atoms with Crippen LogP contribution in [0.1, 0.15) is 16.0 Å². The number of ether oxygens (including phenoxy) is 1. The minimum atomic E-state index is -0.533. The Bertz CT molecular complexity index is 662. The van der Waals surface area contributed by atoms with Crippen LogP contribution in [-0.2, 0) is 20.9 Å². The number of aryl methyl sites for hydroxylation is 1. The third-order valence-electron chi connectivity index (χ3n) is 2.97. The van der Waals surface area contributed by atoms with Crippen LogP contribution in [0.4, 0.5) is 0 Å². The molecule has 0 bridgehead atoms. The number of thiophene rings is 1. The van der Waals surface area contributed by atoms with E-state index in [0.29, 0.717) is 6.54 Å². The SMILES string of the molecule is Cc1ccccc1/C=C/C(=O)OCC(=O)NCc1cccs1. The molecule has 0 aliphatic heterocycles. The molecule has 0 saturated heterocycles. The lowest BCUT2D eigenvalue weighted by Crippen LogP contribution is -2.27. The Morgan fingerprint density at radius 1 is 1.23 bits per heavy atom. The van der Waals surface area contributed by atoms with Crippen molar-refractivity contribution >= 4 is 29.3 Å². The maximum Gasteiger partial charge on any atom is 0.331 e. The summed E-state index contributed by atoms with van der Waals surface area (Å²) in [7, 11) is 0. The zero-order valence-corrected chi connectivity index (χ0v) is 13.1. The first-order valence-corrected chi connectivity index (χ1v) is 7.72. The first kappa shape index (κ1) is 16.0. The molecule has 1 heterocycles. The standard InChI is InChI=1S/C17H17NO3S/c1-13-5-2-3-6-14(13)8-9-17(20)21-12-16(19)18-11-15-7-4-10-22-15/h2-10H,11-12H2,1H3,(H,18,19)/b9-8+. The number of amides is 1. The molecule has 0 unspecified atom stereocenters. The third-order valence-corrected chi connectivity index (χ3v) is 3.85. The lowest BCUT2D eigenvalue weighted by Gasteiger charge is -2.04. The number of rotatable bonds is 6. The zero-order chi connectivity index (χ0) is 15.8. The number of hydrogen-bond acceptors (Lipinski definition) is 4. The van der Waals surface area contributed by atoms with E-state index in [4.69, 9.17) is 4.74 Å². The molecular weight excluding hydrogens is 298 g/mol. The molecule has 0 radical (unpaired) electrons. The van der Waals surface area contributed by atoms with Crippen molar-refractivity contribution in [2.45, 2.75) is 13.5 Å². The molecule has 0 saturated carbocycles. The van der Waals surface area contributed by atoms with Gasteiger partial charge in [0.1, 0.15) is 0 Å². The molecule has 1 aromatic heterocycles. The van der Waals surface area contributed by atoms with Crippen molar-refractivity contribution in [3.8, 4) is 0 Å². The molecule has 1 aromatic carbocycles. The van der Waals surface area contributed by atoms with Gasteiger partial charge in [-0.15, -0.1) is 11.3 Å². The van der Waals surface area contributed by atoms with Crippen LogP contribution in [0.2, 0.25) is 0 Å². The van der Waals surface area contributed by atoms with E-state index in [2.05, 4.69) is 5.32 Å². The van der Waals surface area contributed by atoms with Crippen LogP contribution in [0.5, 0.6) is 0 Å². The first-order chi connectivity index (χ1) is 10.6. The maximum absolute atomic E-state index is 11.6. The highest BCUT2D eigenvalue weighted by Crippen LogP contribution is 2.09. The number of hydrogen-bond donors (Lipinski definition) is 1. The summed E-state index contributed by atoms with van der Waals surface area (Å²) in [6, 6.07) is 11.6. The van der Waals surface area contributed by atoms with Crippen LogP contribution in [0, 0.1) is 6.92 Å². The van der Waals surface area contributed by atoms with Gasteiger partial charge in [-0.05, 0) is 35.6 Å². The van der Waals surface area contributed by atoms with Gasteiger partial charge in [0.25, 0.3) is 5.91 Å². The van der Waals surface area contributed by atoms with Crippen LogP contribution in [0.3, 0.4) is 0 Å². The summed E-state index contributed by atoms with van der Waals surface area (Å²) in [6.07, 6.45) is 3.01. The van der Waals surface area contributed by atoms with E-state index in [1.165, 1.54) is 6.08 Å². The Labute approximate surface area is 133 Å². The average Bonchev–Trinajstić information content (AvgIpc) is 3.03. The highest BCUT2D eigenvalue weighted by atomic mass is 32.1. The van der Waals surface area contributed by atoms with Crippen LogP contribution >= 0.6 is 11.3 Å². The second-order valence-electron chi connectivity index (χ2n) is 4.65. The molecule has 0 atom stereocenters. The minimum Gasteiger partial charge on any atom is -0.452 e. The van der Waals surface area contributed by atoms with Crippen molar-refractivity contribution in [3.63, 3.8) is 0 Å². The fourth-order valence-corrected chi connectivity index (χ4v) is 2.41. The van der Waals surface area contributed by atoms with E-state index in [1.54, 1.807) is 17.4 Å². The monoisotopic (exact) mass is 315 g/mol. The maximum atomic E-state index is 11.6. The Kier molecular flexibility index (Phi) is 5.91. The van der Waals surface area contributed by atoms with Gasteiger partial charge in [0.2, 0.25) is 0 Å². The lowest BCUT2D eigenvalue weighted by molar-refractivity contribution is -0.143. The van der Waals surface area contributed by atoms with Gasteiger partial charge in [-0.25, -0.2) is 4.79 Å². The number of esters is 1. The molecule has 114 valence electrons. The molecule has 22 heavy (non-hydrogen) atoms. The summed E-state index contributed by atoms with van der Waals surface area (Å²) in [4.78, 5) is 24.2. The molecule has 1 amide bonds. The molecule has 0 spiro atoms. The average molecular weight is 315 g/mol. The van der Waals surface area contributed by atoms with Gasteiger partial charge < -0.3 is 10.1 Å². The third kappa shape index (κ3) is 5.18. The molecule has 5 heteroatoms. The predicted molar refractivity (Wildman–Crippen MR) is 87.3 cm³/mol. The molecular formula is C17H17NO3S. The van der Waals surface area contributed by atoms with Gasteiger partial charge in [-0.3, -0.25) is 4.79 Å². The largest absolute Gasteiger partial charge is 0.452 e. The quantitative estimate of drug-likeness (QED) is 0.659. The van der Waals surface area contributed by atoms with E-state index < -0.39 is 5.97 Å². The van der Waals surface area contributed by atoms with E-state index >= 15 is 0 Å². The number of carbonyl (C=O) groups excluding carboxylic acids is 2. The lowest BCUT2D eigenvalue weighted by atomic mass is 10.1. The van der Waals surface area contributed by atoms with Crippen molar-refractivity contribution in [2.24, 2.45) is 0 Å². The summed E-state index contributed by atoms with van der Waals surface area (Å²) in [6.45, 7) is 2.14. The van der Waals surface area contributed by atoms with Crippen molar-refractivity contribution in [2.75, 3.05) is 6.61 Å². The minimum absolute atomic E-state index is 0.275. The molecule has 0 fully saturated rings. The van der Waals surface area contributed by atoms with Crippen LogP contribution < -0.4 is 5.32 Å². The van der Waals surface area contributed by atoms with Crippen molar-refractivity contribution in [1.82, 2.24) is 5.32 Å². The topological polar surface area (TPSA) is 55.4 Å². The summed E-state index contributed by atoms with van der Waals surface area (Å²) >= 11 is 1.56. The van der Waals surface area contributed by atoms with Crippen LogP contribution in [-0.4, -0.2) is 18.5 Å². The Balaban J connectivity index is 1.73. The normalized spacial score (nSPS) is 10.6. The van der Waals surface area contributed by atoms with Crippen molar-refractivity contribution in [3.05, 3.63) is 63.9 Å². The van der Waals surface area contributed by atoms with Crippen LogP contribution in [0.25, 0.3) is 6.08 Å². The first-order valence-electron chi connectivity index (χ1n) is 6.84. The molecule has 2 aromatic rings. The fraction of sp³-hybridized carbons (Fsp3) is 0.176. The van der Waals surface area contributed by atoms with Crippen molar-refractivity contribution < 1.29 is 14.3 Å². The summed E-state index contributed by atoms with van der Waals surface area (Å²) in [5.41, 5.74) is 2.02. The van der Waals surface area contributed by atoms with Gasteiger partial charge in [0, 0.05) is 11.0 Å². The van der Waals surface area contributed by atoms with E-state index in [-0.39, 0.29) is 12.5 Å². The molecule has 1 N–H and O–H groups in total. The summed E-state index contributed by atoms with van der Waals surface area (Å²) < 4.78 is 4.90. The van der Waals surface area contributed by atoms with Gasteiger partial charge in [-0.2, -0.15) is 0 Å². The molecule has 0 aliphatic carbocycles. The fourth-order valence-electron chi connectivity index (χ4n) is 1.77. The predicted octanol–water partition coefficient (Wildman–Crippen LogP) is 2.93. The van der Waals surface area contributed by atoms with Gasteiger partial charge in [0.15, 0.2) is 6.61 Å². The van der Waals surface area contributed by atoms with Gasteiger partial charge >= 0.3 is 5.97 Å². The van der Waals surface area contributed by atoms with Gasteiger partial charge in [0.05, 0.1) is 6.54 Å². The second-order valence-corrected chi connectivity index (χ2v) is 5.69. The smallest absolute Gasteiger partial charge is 0.331 e. The van der Waals surface area contributed by atoms with E-state index in [1.807, 2.05) is 48.7 Å². The summed E-state index contributed by atoms with van der Waals surface area (Å²) in [5, 5.41) is 4.64. The number of carbonyl (C=O) groups is 2. The second kappa shape index (κ2) is 8.14. The number of nitrogens with one attached hydrogen (secondary N) is 1. The number of benzene rings is 1. The Morgan fingerprint density at radius 2 is 2.05 bits per heavy atom. The molecule has 2 rings (SSSR count). The zero-order valence-electron chi connectivity index (χ0n) is 12.2. The van der Waals surface area contributed by atoms with Crippen molar-refractivity contribution in [1.29, 1.82) is 0 Å². The van der Waals surface area contributed by atoms with E-state index in [0.717, 1.165) is 16.0 Å². The Morgan fingerprint density at radius 3 is 2.77 bits per heavy atom.